The summed E-state index contributed by atoms with van der Waals surface area (Å²) in [5.41, 5.74) is 4.24. The number of primary amides is 1. The van der Waals surface area contributed by atoms with Crippen molar-refractivity contribution in [1.29, 1.82) is 0 Å². The van der Waals surface area contributed by atoms with Crippen LogP contribution in [0.2, 0.25) is 0 Å². The Morgan fingerprint density at radius 3 is 2.05 bits per heavy atom. The number of halogens is 1. The SMILES string of the molecule is Cc1cc(F)cc(C)c1S(=O)(=O)NC(C)(C)C(N)=O. The van der Waals surface area contributed by atoms with Gasteiger partial charge in [0, 0.05) is 0 Å². The molecule has 5 nitrogen and oxygen atoms in total. The molecule has 0 aromatic heterocycles. The Balaban J connectivity index is 3.34. The summed E-state index contributed by atoms with van der Waals surface area (Å²) in [5, 5.41) is 0. The molecule has 0 aliphatic rings. The van der Waals surface area contributed by atoms with Crippen molar-refractivity contribution >= 4 is 15.9 Å². The quantitative estimate of drug-likeness (QED) is 0.865. The van der Waals surface area contributed by atoms with Gasteiger partial charge in [-0.2, -0.15) is 4.72 Å². The molecule has 0 aliphatic heterocycles. The number of benzene rings is 1. The van der Waals surface area contributed by atoms with E-state index in [1.54, 1.807) is 0 Å². The maximum atomic E-state index is 13.2. The number of carbonyl (C=O) groups excluding carboxylic acids is 1. The van der Waals surface area contributed by atoms with E-state index in [2.05, 4.69) is 4.72 Å². The maximum absolute atomic E-state index is 13.2. The van der Waals surface area contributed by atoms with Gasteiger partial charge in [0.15, 0.2) is 0 Å². The molecule has 0 saturated heterocycles. The van der Waals surface area contributed by atoms with E-state index < -0.39 is 27.3 Å². The lowest BCUT2D eigenvalue weighted by Gasteiger charge is -2.23. The predicted molar refractivity (Wildman–Crippen MR) is 69.5 cm³/mol. The van der Waals surface area contributed by atoms with Crippen LogP contribution in [0.25, 0.3) is 0 Å². The third-order valence-corrected chi connectivity index (χ3v) is 4.66. The molecule has 0 fully saturated rings. The molecule has 0 aliphatic carbocycles. The number of rotatable bonds is 4. The first kappa shape index (κ1) is 15.6. The van der Waals surface area contributed by atoms with Gasteiger partial charge >= 0.3 is 0 Å². The molecule has 0 heterocycles. The predicted octanol–water partition coefficient (Wildman–Crippen LogP) is 0.985. The van der Waals surface area contributed by atoms with Crippen LogP contribution in [-0.2, 0) is 14.8 Å². The summed E-state index contributed by atoms with van der Waals surface area (Å²) in [6, 6.07) is 2.25. The van der Waals surface area contributed by atoms with Crippen molar-refractivity contribution < 1.29 is 17.6 Å². The monoisotopic (exact) mass is 288 g/mol. The van der Waals surface area contributed by atoms with Crippen molar-refractivity contribution in [1.82, 2.24) is 4.72 Å². The van der Waals surface area contributed by atoms with E-state index in [4.69, 9.17) is 5.73 Å². The Morgan fingerprint density at radius 1 is 1.26 bits per heavy atom. The number of amides is 1. The van der Waals surface area contributed by atoms with Crippen molar-refractivity contribution in [3.63, 3.8) is 0 Å². The molecule has 1 aromatic rings. The summed E-state index contributed by atoms with van der Waals surface area (Å²) in [5.74, 6) is -1.31. The fraction of sp³-hybridized carbons (Fsp3) is 0.417. The number of hydrogen-bond donors (Lipinski definition) is 2. The van der Waals surface area contributed by atoms with Crippen molar-refractivity contribution in [3.05, 3.63) is 29.1 Å². The topological polar surface area (TPSA) is 89.3 Å². The molecule has 0 atom stereocenters. The van der Waals surface area contributed by atoms with Crippen LogP contribution in [0.15, 0.2) is 17.0 Å². The number of carbonyl (C=O) groups is 1. The third-order valence-electron chi connectivity index (χ3n) is 2.70. The smallest absolute Gasteiger partial charge is 0.242 e. The number of hydrogen-bond acceptors (Lipinski definition) is 3. The zero-order valence-corrected chi connectivity index (χ0v) is 12.1. The van der Waals surface area contributed by atoms with E-state index in [1.807, 2.05) is 0 Å². The standard InChI is InChI=1S/C12H17FN2O3S/c1-7-5-9(13)6-8(2)10(7)19(17,18)15-12(3,4)11(14)16/h5-6,15H,1-4H3,(H2,14,16). The van der Waals surface area contributed by atoms with E-state index in [1.165, 1.54) is 27.7 Å². The van der Waals surface area contributed by atoms with Gasteiger partial charge in [-0.25, -0.2) is 12.8 Å². The highest BCUT2D eigenvalue weighted by Gasteiger charge is 2.32. The van der Waals surface area contributed by atoms with Gasteiger partial charge in [-0.05, 0) is 51.0 Å². The number of nitrogens with two attached hydrogens (primary N) is 1. The first-order chi connectivity index (χ1) is 8.47. The molecule has 0 saturated carbocycles. The Hall–Kier alpha value is -1.47. The van der Waals surface area contributed by atoms with E-state index in [-0.39, 0.29) is 16.0 Å². The molecule has 0 unspecified atom stereocenters. The largest absolute Gasteiger partial charge is 0.368 e. The van der Waals surface area contributed by atoms with Crippen LogP contribution in [0.5, 0.6) is 0 Å². The van der Waals surface area contributed by atoms with E-state index in [9.17, 15) is 17.6 Å². The van der Waals surface area contributed by atoms with Gasteiger partial charge in [0.1, 0.15) is 11.4 Å². The van der Waals surface area contributed by atoms with Crippen LogP contribution in [-0.4, -0.2) is 19.9 Å². The van der Waals surface area contributed by atoms with E-state index in [0.29, 0.717) is 0 Å². The van der Waals surface area contributed by atoms with Gasteiger partial charge in [-0.3, -0.25) is 4.79 Å². The third kappa shape index (κ3) is 3.30. The molecule has 19 heavy (non-hydrogen) atoms. The van der Waals surface area contributed by atoms with Crippen molar-refractivity contribution in [2.24, 2.45) is 5.73 Å². The molecule has 1 aromatic carbocycles. The first-order valence-electron chi connectivity index (χ1n) is 5.58. The van der Waals surface area contributed by atoms with Crippen molar-refractivity contribution in [3.8, 4) is 0 Å². The minimum Gasteiger partial charge on any atom is -0.368 e. The molecular weight excluding hydrogens is 271 g/mol. The Kier molecular flexibility index (Phi) is 4.02. The summed E-state index contributed by atoms with van der Waals surface area (Å²) in [4.78, 5) is 11.2. The van der Waals surface area contributed by atoms with Gasteiger partial charge in [-0.15, -0.1) is 0 Å². The summed E-state index contributed by atoms with van der Waals surface area (Å²) in [6.45, 7) is 5.70. The fourth-order valence-electron chi connectivity index (χ4n) is 1.76. The summed E-state index contributed by atoms with van der Waals surface area (Å²) < 4.78 is 39.9. The molecule has 0 spiro atoms. The highest BCUT2D eigenvalue weighted by atomic mass is 32.2. The van der Waals surface area contributed by atoms with Gasteiger partial charge < -0.3 is 5.73 Å². The zero-order chi connectivity index (χ0) is 15.0. The van der Waals surface area contributed by atoms with Gasteiger partial charge in [0.2, 0.25) is 15.9 Å². The van der Waals surface area contributed by atoms with Crippen molar-refractivity contribution in [2.45, 2.75) is 38.1 Å². The lowest BCUT2D eigenvalue weighted by atomic mass is 10.1. The van der Waals surface area contributed by atoms with Crippen LogP contribution < -0.4 is 10.5 Å². The molecule has 0 bridgehead atoms. The van der Waals surface area contributed by atoms with Crippen LogP contribution in [0.1, 0.15) is 25.0 Å². The Bertz CT molecular complexity index is 601. The molecule has 0 radical (unpaired) electrons. The second kappa shape index (κ2) is 4.90. The van der Waals surface area contributed by atoms with Gasteiger partial charge in [-0.1, -0.05) is 0 Å². The van der Waals surface area contributed by atoms with E-state index >= 15 is 0 Å². The van der Waals surface area contributed by atoms with Crippen LogP contribution in [0.4, 0.5) is 4.39 Å². The summed E-state index contributed by atoms with van der Waals surface area (Å²) >= 11 is 0. The normalized spacial score (nSPS) is 12.5. The number of aryl methyl sites for hydroxylation is 2. The lowest BCUT2D eigenvalue weighted by molar-refractivity contribution is -0.122. The second-order valence-electron chi connectivity index (χ2n) is 4.96. The first-order valence-corrected chi connectivity index (χ1v) is 7.06. The van der Waals surface area contributed by atoms with Crippen LogP contribution in [0.3, 0.4) is 0 Å². The average Bonchev–Trinajstić information content (AvgIpc) is 2.12. The molecule has 1 amide bonds. The Labute approximate surface area is 112 Å². The highest BCUT2D eigenvalue weighted by Crippen LogP contribution is 2.22. The van der Waals surface area contributed by atoms with Gasteiger partial charge in [0.25, 0.3) is 0 Å². The summed E-state index contributed by atoms with van der Waals surface area (Å²) in [7, 11) is -3.96. The molecule has 106 valence electrons. The fourth-order valence-corrected chi connectivity index (χ4v) is 3.60. The van der Waals surface area contributed by atoms with Crippen LogP contribution in [0, 0.1) is 19.7 Å². The molecule has 1 rings (SSSR count). The minimum atomic E-state index is -3.96. The highest BCUT2D eigenvalue weighted by molar-refractivity contribution is 7.89. The Morgan fingerprint density at radius 2 is 1.68 bits per heavy atom. The molecular formula is C12H17FN2O3S. The minimum absolute atomic E-state index is 0.0387. The lowest BCUT2D eigenvalue weighted by Crippen LogP contribution is -2.53. The summed E-state index contributed by atoms with van der Waals surface area (Å²) in [6.07, 6.45) is 0. The van der Waals surface area contributed by atoms with Crippen molar-refractivity contribution in [2.75, 3.05) is 0 Å². The second-order valence-corrected chi connectivity index (χ2v) is 6.58. The number of nitrogens with one attached hydrogen (secondary N) is 1. The maximum Gasteiger partial charge on any atom is 0.242 e. The average molecular weight is 288 g/mol. The number of sulfonamides is 1. The van der Waals surface area contributed by atoms with Gasteiger partial charge in [0.05, 0.1) is 4.90 Å². The zero-order valence-electron chi connectivity index (χ0n) is 11.2. The van der Waals surface area contributed by atoms with E-state index in [0.717, 1.165) is 12.1 Å². The molecule has 3 N–H and O–H groups in total. The van der Waals surface area contributed by atoms with Crippen LogP contribution >= 0.6 is 0 Å². The molecule has 7 heteroatoms.